The van der Waals surface area contributed by atoms with Gasteiger partial charge in [0.2, 0.25) is 0 Å². The number of carbonyl (C=O) groups excluding carboxylic acids is 2. The summed E-state index contributed by atoms with van der Waals surface area (Å²) in [4.78, 5) is 22.5. The molecule has 0 aliphatic carbocycles. The van der Waals surface area contributed by atoms with Crippen LogP contribution >= 0.6 is 0 Å². The summed E-state index contributed by atoms with van der Waals surface area (Å²) in [6.07, 6.45) is 0. The van der Waals surface area contributed by atoms with Crippen molar-refractivity contribution in [3.8, 4) is 0 Å². The Kier molecular flexibility index (Phi) is 1.94. The SMILES string of the molecule is NC1C(=O)NN(c2ccccc2)C1=O. The van der Waals surface area contributed by atoms with E-state index in [1.165, 1.54) is 0 Å². The van der Waals surface area contributed by atoms with E-state index in [9.17, 15) is 9.59 Å². The predicted octanol–water partition coefficient (Wildman–Crippen LogP) is -0.608. The fourth-order valence-corrected chi connectivity index (χ4v) is 1.25. The zero-order valence-electron chi connectivity index (χ0n) is 7.31. The van der Waals surface area contributed by atoms with E-state index < -0.39 is 17.9 Å². The minimum Gasteiger partial charge on any atom is -0.312 e. The molecule has 2 amide bonds. The summed E-state index contributed by atoms with van der Waals surface area (Å²) < 4.78 is 0. The van der Waals surface area contributed by atoms with Crippen molar-refractivity contribution in [2.45, 2.75) is 6.04 Å². The number of carbonyl (C=O) groups is 2. The average molecular weight is 191 g/mol. The highest BCUT2D eigenvalue weighted by molar-refractivity contribution is 6.17. The molecule has 1 aliphatic rings. The van der Waals surface area contributed by atoms with Gasteiger partial charge in [0.15, 0.2) is 6.04 Å². The number of amides is 2. The van der Waals surface area contributed by atoms with Crippen LogP contribution in [0, 0.1) is 0 Å². The highest BCUT2D eigenvalue weighted by Gasteiger charge is 2.36. The van der Waals surface area contributed by atoms with Crippen LogP contribution in [0.15, 0.2) is 30.3 Å². The van der Waals surface area contributed by atoms with E-state index in [4.69, 9.17) is 5.73 Å². The second kappa shape index (κ2) is 3.12. The van der Waals surface area contributed by atoms with Crippen LogP contribution < -0.4 is 16.2 Å². The Morgan fingerprint density at radius 3 is 2.36 bits per heavy atom. The van der Waals surface area contributed by atoms with E-state index in [0.717, 1.165) is 5.01 Å². The molecule has 0 radical (unpaired) electrons. The molecular formula is C9H9N3O2. The van der Waals surface area contributed by atoms with Crippen LogP contribution in [0.1, 0.15) is 0 Å². The highest BCUT2D eigenvalue weighted by Crippen LogP contribution is 2.14. The largest absolute Gasteiger partial charge is 0.312 e. The summed E-state index contributed by atoms with van der Waals surface area (Å²) in [6, 6.07) is 7.73. The van der Waals surface area contributed by atoms with Crippen molar-refractivity contribution in [1.82, 2.24) is 5.43 Å². The predicted molar refractivity (Wildman–Crippen MR) is 50.0 cm³/mol. The van der Waals surface area contributed by atoms with Gasteiger partial charge < -0.3 is 5.73 Å². The molecule has 1 aromatic rings. The molecule has 1 fully saturated rings. The Morgan fingerprint density at radius 1 is 1.21 bits per heavy atom. The Balaban J connectivity index is 2.30. The molecule has 1 aromatic carbocycles. The molecule has 1 unspecified atom stereocenters. The van der Waals surface area contributed by atoms with E-state index >= 15 is 0 Å². The van der Waals surface area contributed by atoms with Crippen molar-refractivity contribution in [3.63, 3.8) is 0 Å². The summed E-state index contributed by atoms with van der Waals surface area (Å²) in [5.41, 5.74) is 8.35. The number of nitrogens with two attached hydrogens (primary N) is 1. The lowest BCUT2D eigenvalue weighted by atomic mass is 10.3. The number of hydrazine groups is 1. The molecule has 0 bridgehead atoms. The van der Waals surface area contributed by atoms with Gasteiger partial charge in [-0.05, 0) is 12.1 Å². The molecular weight excluding hydrogens is 182 g/mol. The first-order chi connectivity index (χ1) is 6.70. The van der Waals surface area contributed by atoms with Gasteiger partial charge >= 0.3 is 0 Å². The van der Waals surface area contributed by atoms with E-state index in [0.29, 0.717) is 5.69 Å². The topological polar surface area (TPSA) is 75.4 Å². The number of anilines is 1. The quantitative estimate of drug-likeness (QED) is 0.581. The molecule has 1 atom stereocenters. The molecule has 0 saturated carbocycles. The maximum Gasteiger partial charge on any atom is 0.272 e. The van der Waals surface area contributed by atoms with Gasteiger partial charge in [-0.15, -0.1) is 0 Å². The Bertz CT molecular complexity index is 377. The summed E-state index contributed by atoms with van der Waals surface area (Å²) in [7, 11) is 0. The summed E-state index contributed by atoms with van der Waals surface area (Å²) in [5, 5.41) is 1.16. The number of nitrogens with zero attached hydrogens (tertiary/aromatic N) is 1. The van der Waals surface area contributed by atoms with Gasteiger partial charge in [-0.2, -0.15) is 0 Å². The van der Waals surface area contributed by atoms with Gasteiger partial charge in [0.05, 0.1) is 5.69 Å². The maximum atomic E-state index is 11.4. The second-order valence-corrected chi connectivity index (χ2v) is 2.96. The van der Waals surface area contributed by atoms with Crippen molar-refractivity contribution in [2.24, 2.45) is 5.73 Å². The summed E-state index contributed by atoms with van der Waals surface area (Å²) >= 11 is 0. The minimum atomic E-state index is -1.09. The Hall–Kier alpha value is -1.88. The van der Waals surface area contributed by atoms with Crippen LogP contribution in [0.3, 0.4) is 0 Å². The average Bonchev–Trinajstić information content (AvgIpc) is 2.47. The van der Waals surface area contributed by atoms with Crippen LogP contribution in [-0.4, -0.2) is 17.9 Å². The highest BCUT2D eigenvalue weighted by atomic mass is 16.2. The van der Waals surface area contributed by atoms with Gasteiger partial charge in [0.25, 0.3) is 11.8 Å². The van der Waals surface area contributed by atoms with E-state index in [1.807, 2.05) is 6.07 Å². The zero-order valence-corrected chi connectivity index (χ0v) is 7.31. The molecule has 14 heavy (non-hydrogen) atoms. The van der Waals surface area contributed by atoms with Crippen molar-refractivity contribution >= 4 is 17.5 Å². The maximum absolute atomic E-state index is 11.4. The minimum absolute atomic E-state index is 0.429. The lowest BCUT2D eigenvalue weighted by molar-refractivity contribution is -0.123. The third-order valence-corrected chi connectivity index (χ3v) is 2.01. The van der Waals surface area contributed by atoms with Crippen LogP contribution in [0.4, 0.5) is 5.69 Å². The van der Waals surface area contributed by atoms with Crippen LogP contribution in [0.25, 0.3) is 0 Å². The molecule has 0 spiro atoms. The molecule has 0 aromatic heterocycles. The van der Waals surface area contributed by atoms with Crippen molar-refractivity contribution in [2.75, 3.05) is 5.01 Å². The van der Waals surface area contributed by atoms with Gasteiger partial charge in [-0.1, -0.05) is 18.2 Å². The summed E-state index contributed by atoms with van der Waals surface area (Å²) in [5.74, 6) is -0.903. The van der Waals surface area contributed by atoms with E-state index in [-0.39, 0.29) is 0 Å². The molecule has 1 saturated heterocycles. The number of rotatable bonds is 1. The van der Waals surface area contributed by atoms with Gasteiger partial charge in [0, 0.05) is 0 Å². The first kappa shape index (κ1) is 8.71. The lowest BCUT2D eigenvalue weighted by Gasteiger charge is -2.14. The van der Waals surface area contributed by atoms with Gasteiger partial charge in [0.1, 0.15) is 0 Å². The lowest BCUT2D eigenvalue weighted by Crippen LogP contribution is -2.36. The van der Waals surface area contributed by atoms with Gasteiger partial charge in [-0.3, -0.25) is 15.0 Å². The smallest absolute Gasteiger partial charge is 0.272 e. The number of para-hydroxylation sites is 1. The normalized spacial score (nSPS) is 21.2. The van der Waals surface area contributed by atoms with Crippen molar-refractivity contribution in [1.29, 1.82) is 0 Å². The van der Waals surface area contributed by atoms with Crippen LogP contribution in [0.2, 0.25) is 0 Å². The molecule has 5 nitrogen and oxygen atoms in total. The van der Waals surface area contributed by atoms with Crippen LogP contribution in [0.5, 0.6) is 0 Å². The van der Waals surface area contributed by atoms with Crippen molar-refractivity contribution < 1.29 is 9.59 Å². The molecule has 2 rings (SSSR count). The van der Waals surface area contributed by atoms with Crippen LogP contribution in [-0.2, 0) is 9.59 Å². The molecule has 1 aliphatic heterocycles. The van der Waals surface area contributed by atoms with E-state index in [1.54, 1.807) is 24.3 Å². The third kappa shape index (κ3) is 1.23. The standard InChI is InChI=1S/C9H9N3O2/c10-7-8(13)11-12(9(7)14)6-4-2-1-3-5-6/h1-5,7H,10H2,(H,11,13). The Labute approximate surface area is 80.5 Å². The zero-order chi connectivity index (χ0) is 10.1. The first-order valence-corrected chi connectivity index (χ1v) is 4.15. The Morgan fingerprint density at radius 2 is 1.86 bits per heavy atom. The van der Waals surface area contributed by atoms with Gasteiger partial charge in [-0.25, -0.2) is 5.01 Å². The first-order valence-electron chi connectivity index (χ1n) is 4.15. The number of nitrogens with one attached hydrogen (secondary N) is 1. The number of hydrogen-bond donors (Lipinski definition) is 2. The fourth-order valence-electron chi connectivity index (χ4n) is 1.25. The number of benzene rings is 1. The molecule has 72 valence electrons. The summed E-state index contributed by atoms with van der Waals surface area (Å²) in [6.45, 7) is 0. The molecule has 3 N–H and O–H groups in total. The third-order valence-electron chi connectivity index (χ3n) is 2.01. The van der Waals surface area contributed by atoms with E-state index in [2.05, 4.69) is 5.43 Å². The number of hydrogen-bond acceptors (Lipinski definition) is 3. The molecule has 1 heterocycles. The van der Waals surface area contributed by atoms with Crippen molar-refractivity contribution in [3.05, 3.63) is 30.3 Å². The molecule has 5 heteroatoms. The monoisotopic (exact) mass is 191 g/mol. The fraction of sp³-hybridized carbons (Fsp3) is 0.111. The second-order valence-electron chi connectivity index (χ2n) is 2.96.